The quantitative estimate of drug-likeness (QED) is 0.720. The summed E-state index contributed by atoms with van der Waals surface area (Å²) in [5, 5.41) is 5.76. The van der Waals surface area contributed by atoms with E-state index in [0.717, 1.165) is 4.88 Å². The highest BCUT2D eigenvalue weighted by Gasteiger charge is 2.22. The SMILES string of the molecule is COc1ccc(OC)c(S(=O)(=O)Nc2cc(-c3cccs3)no2)c1. The highest BCUT2D eigenvalue weighted by Crippen LogP contribution is 2.31. The second-order valence-corrected chi connectivity index (χ2v) is 7.27. The van der Waals surface area contributed by atoms with Crippen molar-refractivity contribution in [1.82, 2.24) is 5.16 Å². The fraction of sp³-hybridized carbons (Fsp3) is 0.133. The number of hydrogen-bond donors (Lipinski definition) is 1. The lowest BCUT2D eigenvalue weighted by Gasteiger charge is -2.11. The molecule has 0 saturated heterocycles. The Morgan fingerprint density at radius 3 is 2.67 bits per heavy atom. The molecule has 3 aromatic rings. The van der Waals surface area contributed by atoms with E-state index in [9.17, 15) is 8.42 Å². The average Bonchev–Trinajstić information content (AvgIpc) is 3.25. The molecule has 24 heavy (non-hydrogen) atoms. The van der Waals surface area contributed by atoms with Gasteiger partial charge in [-0.1, -0.05) is 11.2 Å². The lowest BCUT2D eigenvalue weighted by molar-refractivity contribution is 0.392. The number of thiophene rings is 1. The number of methoxy groups -OCH3 is 2. The first kappa shape index (κ1) is 16.3. The van der Waals surface area contributed by atoms with E-state index in [2.05, 4.69) is 9.88 Å². The van der Waals surface area contributed by atoms with Crippen LogP contribution >= 0.6 is 11.3 Å². The van der Waals surface area contributed by atoms with Crippen molar-refractivity contribution in [1.29, 1.82) is 0 Å². The second kappa shape index (κ2) is 6.54. The van der Waals surface area contributed by atoms with Crippen LogP contribution in [0.3, 0.4) is 0 Å². The van der Waals surface area contributed by atoms with Crippen LogP contribution in [0.5, 0.6) is 11.5 Å². The molecule has 0 saturated carbocycles. The maximum atomic E-state index is 12.6. The van der Waals surface area contributed by atoms with Crippen LogP contribution in [0.2, 0.25) is 0 Å². The first-order chi connectivity index (χ1) is 11.5. The number of ether oxygens (including phenoxy) is 2. The summed E-state index contributed by atoms with van der Waals surface area (Å²) in [4.78, 5) is 0.821. The molecule has 0 aliphatic rings. The van der Waals surface area contributed by atoms with Crippen molar-refractivity contribution >= 4 is 27.2 Å². The van der Waals surface area contributed by atoms with Crippen LogP contribution in [-0.4, -0.2) is 27.8 Å². The number of hydrogen-bond acceptors (Lipinski definition) is 7. The fourth-order valence-corrected chi connectivity index (χ4v) is 3.88. The molecule has 0 amide bonds. The van der Waals surface area contributed by atoms with Gasteiger partial charge in [-0.05, 0) is 23.6 Å². The summed E-state index contributed by atoms with van der Waals surface area (Å²) >= 11 is 1.48. The van der Waals surface area contributed by atoms with Crippen LogP contribution in [0.4, 0.5) is 5.88 Å². The first-order valence-corrected chi connectivity index (χ1v) is 9.15. The second-order valence-electron chi connectivity index (χ2n) is 4.68. The normalized spacial score (nSPS) is 11.2. The molecule has 0 unspecified atom stereocenters. The molecule has 2 aromatic heterocycles. The van der Waals surface area contributed by atoms with Gasteiger partial charge in [-0.2, -0.15) is 0 Å². The summed E-state index contributed by atoms with van der Waals surface area (Å²) < 4.78 is 42.8. The average molecular weight is 366 g/mol. The summed E-state index contributed by atoms with van der Waals surface area (Å²) in [6.45, 7) is 0. The number of rotatable bonds is 6. The van der Waals surface area contributed by atoms with Crippen molar-refractivity contribution < 1.29 is 22.4 Å². The van der Waals surface area contributed by atoms with Gasteiger partial charge in [-0.15, -0.1) is 11.3 Å². The molecule has 7 nitrogen and oxygen atoms in total. The van der Waals surface area contributed by atoms with Crippen LogP contribution < -0.4 is 14.2 Å². The van der Waals surface area contributed by atoms with Gasteiger partial charge >= 0.3 is 0 Å². The van der Waals surface area contributed by atoms with E-state index < -0.39 is 10.0 Å². The van der Waals surface area contributed by atoms with Gasteiger partial charge in [0.25, 0.3) is 10.0 Å². The van der Waals surface area contributed by atoms with Crippen molar-refractivity contribution in [3.05, 3.63) is 41.8 Å². The first-order valence-electron chi connectivity index (χ1n) is 6.79. The summed E-state index contributed by atoms with van der Waals surface area (Å²) in [6.07, 6.45) is 0. The Bertz CT molecular complexity index is 933. The van der Waals surface area contributed by atoms with Gasteiger partial charge in [0.15, 0.2) is 0 Å². The lowest BCUT2D eigenvalue weighted by Crippen LogP contribution is -2.13. The van der Waals surface area contributed by atoms with Crippen molar-refractivity contribution in [3.63, 3.8) is 0 Å². The Balaban J connectivity index is 1.92. The minimum absolute atomic E-state index is 0.0169. The molecule has 0 atom stereocenters. The Labute approximate surface area is 142 Å². The minimum atomic E-state index is -3.93. The number of nitrogens with zero attached hydrogens (tertiary/aromatic N) is 1. The zero-order chi connectivity index (χ0) is 17.2. The molecule has 0 radical (unpaired) electrons. The van der Waals surface area contributed by atoms with Crippen LogP contribution in [-0.2, 0) is 10.0 Å². The number of anilines is 1. The van der Waals surface area contributed by atoms with Crippen molar-refractivity contribution in [3.8, 4) is 22.1 Å². The molecule has 1 N–H and O–H groups in total. The summed E-state index contributed by atoms with van der Waals surface area (Å²) in [7, 11) is -1.08. The smallest absolute Gasteiger partial charge is 0.268 e. The van der Waals surface area contributed by atoms with Gasteiger partial charge < -0.3 is 14.0 Å². The van der Waals surface area contributed by atoms with Crippen molar-refractivity contribution in [2.45, 2.75) is 4.90 Å². The predicted octanol–water partition coefficient (Wildman–Crippen LogP) is 3.22. The third kappa shape index (κ3) is 3.22. The molecular weight excluding hydrogens is 352 g/mol. The highest BCUT2D eigenvalue weighted by molar-refractivity contribution is 7.92. The van der Waals surface area contributed by atoms with Crippen LogP contribution in [0.15, 0.2) is 51.2 Å². The Morgan fingerprint density at radius 2 is 2.00 bits per heavy atom. The van der Waals surface area contributed by atoms with E-state index in [1.807, 2.05) is 17.5 Å². The van der Waals surface area contributed by atoms with Gasteiger partial charge in [0, 0.05) is 12.1 Å². The maximum absolute atomic E-state index is 12.6. The maximum Gasteiger partial charge on any atom is 0.268 e. The highest BCUT2D eigenvalue weighted by atomic mass is 32.2. The monoisotopic (exact) mass is 366 g/mol. The fourth-order valence-electron chi connectivity index (χ4n) is 2.05. The number of aromatic nitrogens is 1. The van der Waals surface area contributed by atoms with Gasteiger partial charge in [-0.25, -0.2) is 13.1 Å². The van der Waals surface area contributed by atoms with E-state index in [-0.39, 0.29) is 16.5 Å². The van der Waals surface area contributed by atoms with E-state index in [4.69, 9.17) is 14.0 Å². The van der Waals surface area contributed by atoms with E-state index in [1.54, 1.807) is 6.07 Å². The summed E-state index contributed by atoms with van der Waals surface area (Å²) in [6, 6.07) is 9.77. The lowest BCUT2D eigenvalue weighted by atomic mass is 10.3. The third-order valence-electron chi connectivity index (χ3n) is 3.18. The Morgan fingerprint density at radius 1 is 1.17 bits per heavy atom. The molecule has 126 valence electrons. The minimum Gasteiger partial charge on any atom is -0.497 e. The van der Waals surface area contributed by atoms with Gasteiger partial charge in [-0.3, -0.25) is 0 Å². The van der Waals surface area contributed by atoms with Crippen molar-refractivity contribution in [2.24, 2.45) is 0 Å². The van der Waals surface area contributed by atoms with Gasteiger partial charge in [0.2, 0.25) is 5.88 Å². The molecule has 0 aliphatic heterocycles. The predicted molar refractivity (Wildman–Crippen MR) is 90.2 cm³/mol. The number of benzene rings is 1. The molecule has 3 rings (SSSR count). The molecule has 0 aliphatic carbocycles. The molecule has 0 bridgehead atoms. The van der Waals surface area contributed by atoms with E-state index in [0.29, 0.717) is 11.4 Å². The van der Waals surface area contributed by atoms with Crippen LogP contribution in [0.1, 0.15) is 0 Å². The standard InChI is InChI=1S/C15H14N2O5S2/c1-20-10-5-6-12(21-2)14(8-10)24(18,19)17-15-9-11(16-22-15)13-4-3-7-23-13/h3-9,17H,1-2H3. The molecule has 9 heteroatoms. The van der Waals surface area contributed by atoms with E-state index >= 15 is 0 Å². The molecule has 1 aromatic carbocycles. The topological polar surface area (TPSA) is 90.7 Å². The molecule has 0 spiro atoms. The summed E-state index contributed by atoms with van der Waals surface area (Å²) in [5.74, 6) is 0.609. The van der Waals surface area contributed by atoms with Crippen LogP contribution in [0.25, 0.3) is 10.6 Å². The zero-order valence-electron chi connectivity index (χ0n) is 12.8. The van der Waals surface area contributed by atoms with E-state index in [1.165, 1.54) is 43.8 Å². The zero-order valence-corrected chi connectivity index (χ0v) is 14.5. The van der Waals surface area contributed by atoms with Crippen LogP contribution in [0, 0.1) is 0 Å². The largest absolute Gasteiger partial charge is 0.497 e. The number of sulfonamides is 1. The number of nitrogens with one attached hydrogen (secondary N) is 1. The van der Waals surface area contributed by atoms with Gasteiger partial charge in [0.1, 0.15) is 22.1 Å². The summed E-state index contributed by atoms with van der Waals surface area (Å²) in [5.41, 5.74) is 0.556. The Kier molecular flexibility index (Phi) is 4.45. The molecular formula is C15H14N2O5S2. The molecule has 0 fully saturated rings. The van der Waals surface area contributed by atoms with Crippen molar-refractivity contribution in [2.75, 3.05) is 18.9 Å². The molecule has 2 heterocycles. The Hall–Kier alpha value is -2.52. The van der Waals surface area contributed by atoms with Gasteiger partial charge in [0.05, 0.1) is 19.1 Å². The third-order valence-corrected chi connectivity index (χ3v) is 5.44.